The Bertz CT molecular complexity index is 177. The summed E-state index contributed by atoms with van der Waals surface area (Å²) in [7, 11) is -1.97. The van der Waals surface area contributed by atoms with Crippen molar-refractivity contribution in [3.8, 4) is 0 Å². The molecule has 0 N–H and O–H groups in total. The topological polar surface area (TPSA) is 18.5 Å². The third-order valence-electron chi connectivity index (χ3n) is 3.20. The predicted octanol–water partition coefficient (Wildman–Crippen LogP) is 2.64. The minimum atomic E-state index is -1.97. The van der Waals surface area contributed by atoms with Crippen molar-refractivity contribution in [3.05, 3.63) is 12.3 Å². The molecule has 0 amide bonds. The Hall–Kier alpha value is -0.123. The van der Waals surface area contributed by atoms with Crippen LogP contribution < -0.4 is 0 Å². The fourth-order valence-electron chi connectivity index (χ4n) is 1.45. The summed E-state index contributed by atoms with van der Waals surface area (Å²) in [5.41, 5.74) is 2.12. The first-order valence-corrected chi connectivity index (χ1v) is 7.40. The van der Waals surface area contributed by atoms with E-state index in [1.807, 2.05) is 5.70 Å². The summed E-state index contributed by atoms with van der Waals surface area (Å²) in [5.74, 6) is 0. The SMILES string of the molecule is C=C[Si]1(C)OCC(CC)(CC)CO1. The van der Waals surface area contributed by atoms with Crippen LogP contribution >= 0.6 is 0 Å². The number of hydrogen-bond acceptors (Lipinski definition) is 2. The first kappa shape index (κ1) is 11.0. The van der Waals surface area contributed by atoms with Gasteiger partial charge in [-0.1, -0.05) is 13.8 Å². The molecular formula is C10H20O2Si. The van der Waals surface area contributed by atoms with Crippen molar-refractivity contribution in [2.45, 2.75) is 33.2 Å². The highest BCUT2D eigenvalue weighted by Crippen LogP contribution is 2.33. The van der Waals surface area contributed by atoms with Crippen molar-refractivity contribution in [2.24, 2.45) is 5.41 Å². The summed E-state index contributed by atoms with van der Waals surface area (Å²) < 4.78 is 11.6. The summed E-state index contributed by atoms with van der Waals surface area (Å²) in [4.78, 5) is 0. The Labute approximate surface area is 82.2 Å². The Morgan fingerprint density at radius 2 is 1.77 bits per heavy atom. The molecule has 0 unspecified atom stereocenters. The zero-order valence-electron chi connectivity index (χ0n) is 8.93. The van der Waals surface area contributed by atoms with Crippen molar-refractivity contribution in [3.63, 3.8) is 0 Å². The molecule has 0 bridgehead atoms. The Balaban J connectivity index is 2.59. The van der Waals surface area contributed by atoms with Crippen LogP contribution in [0.25, 0.3) is 0 Å². The molecule has 0 aromatic rings. The molecule has 1 rings (SSSR count). The van der Waals surface area contributed by atoms with Crippen LogP contribution in [0.1, 0.15) is 26.7 Å². The average Bonchev–Trinajstić information content (AvgIpc) is 2.20. The van der Waals surface area contributed by atoms with Crippen LogP contribution in [0.5, 0.6) is 0 Å². The highest BCUT2D eigenvalue weighted by molar-refractivity contribution is 6.71. The summed E-state index contributed by atoms with van der Waals surface area (Å²) in [6.45, 7) is 11.9. The number of hydrogen-bond donors (Lipinski definition) is 0. The smallest absolute Gasteiger partial charge is 0.361 e. The van der Waals surface area contributed by atoms with Gasteiger partial charge in [-0.25, -0.2) is 0 Å². The predicted molar refractivity (Wildman–Crippen MR) is 56.7 cm³/mol. The fraction of sp³-hybridized carbons (Fsp3) is 0.800. The van der Waals surface area contributed by atoms with Crippen molar-refractivity contribution in [1.29, 1.82) is 0 Å². The molecule has 0 aromatic heterocycles. The van der Waals surface area contributed by atoms with E-state index in [0.29, 0.717) is 0 Å². The number of rotatable bonds is 3. The van der Waals surface area contributed by atoms with E-state index in [0.717, 1.165) is 26.1 Å². The van der Waals surface area contributed by atoms with Gasteiger partial charge >= 0.3 is 8.56 Å². The van der Waals surface area contributed by atoms with Crippen LogP contribution in [-0.4, -0.2) is 21.8 Å². The molecule has 1 aliphatic rings. The molecule has 0 spiro atoms. The van der Waals surface area contributed by atoms with Gasteiger partial charge in [0.05, 0.1) is 0 Å². The lowest BCUT2D eigenvalue weighted by Gasteiger charge is -2.41. The molecule has 1 heterocycles. The van der Waals surface area contributed by atoms with E-state index >= 15 is 0 Å². The molecule has 0 atom stereocenters. The summed E-state index contributed by atoms with van der Waals surface area (Å²) in [6, 6.07) is 0. The van der Waals surface area contributed by atoms with Crippen LogP contribution in [0.4, 0.5) is 0 Å². The van der Waals surface area contributed by atoms with Gasteiger partial charge in [0.1, 0.15) is 0 Å². The third kappa shape index (κ3) is 2.21. The second-order valence-corrected chi connectivity index (χ2v) is 7.02. The van der Waals surface area contributed by atoms with E-state index in [2.05, 4.69) is 27.0 Å². The second kappa shape index (κ2) is 3.94. The zero-order chi connectivity index (χ0) is 9.95. The molecule has 1 saturated heterocycles. The van der Waals surface area contributed by atoms with Crippen LogP contribution in [0.2, 0.25) is 6.55 Å². The van der Waals surface area contributed by atoms with Crippen LogP contribution in [-0.2, 0) is 8.85 Å². The second-order valence-electron chi connectivity index (χ2n) is 4.00. The maximum Gasteiger partial charge on any atom is 0.361 e. The van der Waals surface area contributed by atoms with Gasteiger partial charge in [0.25, 0.3) is 0 Å². The van der Waals surface area contributed by atoms with E-state index in [9.17, 15) is 0 Å². The molecule has 1 fully saturated rings. The van der Waals surface area contributed by atoms with Crippen molar-refractivity contribution in [2.75, 3.05) is 13.2 Å². The maximum absolute atomic E-state index is 5.81. The Morgan fingerprint density at radius 3 is 2.08 bits per heavy atom. The zero-order valence-corrected chi connectivity index (χ0v) is 9.93. The highest BCUT2D eigenvalue weighted by Gasteiger charge is 2.40. The lowest BCUT2D eigenvalue weighted by molar-refractivity contribution is -0.00786. The van der Waals surface area contributed by atoms with E-state index in [4.69, 9.17) is 8.85 Å². The van der Waals surface area contributed by atoms with Crippen molar-refractivity contribution < 1.29 is 8.85 Å². The van der Waals surface area contributed by atoms with Gasteiger partial charge in [-0.05, 0) is 25.1 Å². The Kier molecular flexibility index (Phi) is 3.32. The van der Waals surface area contributed by atoms with Crippen molar-refractivity contribution >= 4 is 8.56 Å². The van der Waals surface area contributed by atoms with Gasteiger partial charge in [0.2, 0.25) is 0 Å². The standard InChI is InChI=1S/C10H20O2Si/c1-5-10(6-2)8-11-13(4,7-3)12-9-10/h7H,3,5-6,8-9H2,1-2,4H3. The van der Waals surface area contributed by atoms with Crippen LogP contribution in [0.15, 0.2) is 12.3 Å². The molecule has 76 valence electrons. The lowest BCUT2D eigenvalue weighted by atomic mass is 9.84. The van der Waals surface area contributed by atoms with Gasteiger partial charge in [-0.15, -0.1) is 6.58 Å². The first-order valence-electron chi connectivity index (χ1n) is 5.01. The summed E-state index contributed by atoms with van der Waals surface area (Å²) >= 11 is 0. The third-order valence-corrected chi connectivity index (χ3v) is 5.38. The van der Waals surface area contributed by atoms with Gasteiger partial charge in [-0.2, -0.15) is 0 Å². The first-order chi connectivity index (χ1) is 6.10. The van der Waals surface area contributed by atoms with Crippen LogP contribution in [0.3, 0.4) is 0 Å². The van der Waals surface area contributed by atoms with Crippen molar-refractivity contribution in [1.82, 2.24) is 0 Å². The van der Waals surface area contributed by atoms with E-state index < -0.39 is 8.56 Å². The summed E-state index contributed by atoms with van der Waals surface area (Å²) in [6.07, 6.45) is 2.26. The lowest BCUT2D eigenvalue weighted by Crippen LogP contribution is -2.50. The largest absolute Gasteiger partial charge is 0.391 e. The maximum atomic E-state index is 5.81. The molecule has 0 aliphatic carbocycles. The molecule has 13 heavy (non-hydrogen) atoms. The molecule has 2 nitrogen and oxygen atoms in total. The van der Waals surface area contributed by atoms with E-state index in [1.165, 1.54) is 0 Å². The van der Waals surface area contributed by atoms with E-state index in [-0.39, 0.29) is 5.41 Å². The molecule has 0 radical (unpaired) electrons. The Morgan fingerprint density at radius 1 is 1.31 bits per heavy atom. The molecular weight excluding hydrogens is 180 g/mol. The van der Waals surface area contributed by atoms with E-state index in [1.54, 1.807) is 0 Å². The van der Waals surface area contributed by atoms with Gasteiger partial charge < -0.3 is 8.85 Å². The summed E-state index contributed by atoms with van der Waals surface area (Å²) in [5, 5.41) is 0. The molecule has 1 aliphatic heterocycles. The normalized spacial score (nSPS) is 25.5. The minimum Gasteiger partial charge on any atom is -0.391 e. The minimum absolute atomic E-state index is 0.259. The van der Waals surface area contributed by atoms with Crippen LogP contribution in [0, 0.1) is 5.41 Å². The molecule has 3 heteroatoms. The fourth-order valence-corrected chi connectivity index (χ4v) is 2.96. The quantitative estimate of drug-likeness (QED) is 0.652. The van der Waals surface area contributed by atoms with Gasteiger partial charge in [0, 0.05) is 18.6 Å². The van der Waals surface area contributed by atoms with Gasteiger partial charge in [0.15, 0.2) is 0 Å². The average molecular weight is 200 g/mol. The molecule has 0 saturated carbocycles. The highest BCUT2D eigenvalue weighted by atomic mass is 28.4. The molecule has 0 aromatic carbocycles. The van der Waals surface area contributed by atoms with Gasteiger partial charge in [-0.3, -0.25) is 0 Å². The monoisotopic (exact) mass is 200 g/mol.